The van der Waals surface area contributed by atoms with Gasteiger partial charge in [0.1, 0.15) is 0 Å². The van der Waals surface area contributed by atoms with Crippen LogP contribution in [0.5, 0.6) is 0 Å². The highest BCUT2D eigenvalue weighted by Crippen LogP contribution is 2.07. The molecule has 1 aromatic heterocycles. The number of aryl methyl sites for hydroxylation is 1. The van der Waals surface area contributed by atoms with E-state index in [9.17, 15) is 4.79 Å². The number of rotatable bonds is 3. The van der Waals surface area contributed by atoms with Crippen molar-refractivity contribution in [2.75, 3.05) is 20.2 Å². The molecule has 0 unspecified atom stereocenters. The monoisotopic (exact) mass is 225 g/mol. The smallest absolute Gasteiger partial charge is 0.290 e. The molecule has 88 valence electrons. The van der Waals surface area contributed by atoms with E-state index in [1.165, 1.54) is 0 Å². The van der Waals surface area contributed by atoms with E-state index >= 15 is 0 Å². The molecular weight excluding hydrogens is 210 g/mol. The van der Waals surface area contributed by atoms with Gasteiger partial charge in [-0.1, -0.05) is 5.16 Å². The van der Waals surface area contributed by atoms with Gasteiger partial charge in [-0.15, -0.1) is 0 Å². The van der Waals surface area contributed by atoms with Gasteiger partial charge in [0.2, 0.25) is 5.76 Å². The van der Waals surface area contributed by atoms with E-state index in [0.29, 0.717) is 12.2 Å². The highest BCUT2D eigenvalue weighted by Gasteiger charge is 2.29. The lowest BCUT2D eigenvalue weighted by molar-refractivity contribution is 0.0754. The minimum absolute atomic E-state index is 0.00738. The first-order valence-corrected chi connectivity index (χ1v) is 5.18. The fraction of sp³-hybridized carbons (Fsp3) is 0.600. The molecule has 6 nitrogen and oxygen atoms in total. The predicted octanol–water partition coefficient (Wildman–Crippen LogP) is -0.300. The van der Waals surface area contributed by atoms with Crippen LogP contribution in [0.3, 0.4) is 0 Å². The normalized spacial score (nSPS) is 24.6. The van der Waals surface area contributed by atoms with Crippen LogP contribution in [0.2, 0.25) is 0 Å². The van der Waals surface area contributed by atoms with Crippen LogP contribution in [0.4, 0.5) is 0 Å². The molecule has 2 heterocycles. The summed E-state index contributed by atoms with van der Waals surface area (Å²) >= 11 is 0. The molecule has 16 heavy (non-hydrogen) atoms. The second-order valence-corrected chi connectivity index (χ2v) is 3.84. The molecule has 2 rings (SSSR count). The molecule has 6 heteroatoms. The third-order valence-electron chi connectivity index (χ3n) is 2.63. The summed E-state index contributed by atoms with van der Waals surface area (Å²) in [7, 11) is 1.63. The van der Waals surface area contributed by atoms with Crippen LogP contribution in [0.25, 0.3) is 0 Å². The molecule has 2 atom stereocenters. The number of nitrogens with one attached hydrogen (secondary N) is 2. The Morgan fingerprint density at radius 1 is 1.69 bits per heavy atom. The molecule has 1 aliphatic rings. The topological polar surface area (TPSA) is 76.4 Å². The van der Waals surface area contributed by atoms with Gasteiger partial charge in [-0.25, -0.2) is 0 Å². The highest BCUT2D eigenvalue weighted by molar-refractivity contribution is 5.91. The van der Waals surface area contributed by atoms with Crippen LogP contribution in [0.15, 0.2) is 10.6 Å². The van der Waals surface area contributed by atoms with Gasteiger partial charge < -0.3 is 19.9 Å². The second-order valence-electron chi connectivity index (χ2n) is 3.84. The van der Waals surface area contributed by atoms with Gasteiger partial charge in [-0.3, -0.25) is 4.79 Å². The van der Waals surface area contributed by atoms with Crippen molar-refractivity contribution in [2.24, 2.45) is 0 Å². The molecule has 0 saturated carbocycles. The van der Waals surface area contributed by atoms with Crippen LogP contribution < -0.4 is 10.6 Å². The highest BCUT2D eigenvalue weighted by atomic mass is 16.5. The fourth-order valence-corrected chi connectivity index (χ4v) is 1.76. The summed E-state index contributed by atoms with van der Waals surface area (Å²) in [6, 6.07) is 1.59. The number of carbonyl (C=O) groups is 1. The molecule has 1 fully saturated rings. The third kappa shape index (κ3) is 2.23. The Morgan fingerprint density at radius 2 is 2.50 bits per heavy atom. The van der Waals surface area contributed by atoms with Gasteiger partial charge >= 0.3 is 0 Å². The van der Waals surface area contributed by atoms with Crippen molar-refractivity contribution in [2.45, 2.75) is 19.1 Å². The van der Waals surface area contributed by atoms with Crippen molar-refractivity contribution in [3.63, 3.8) is 0 Å². The summed E-state index contributed by atoms with van der Waals surface area (Å²) in [4.78, 5) is 11.7. The first-order valence-electron chi connectivity index (χ1n) is 5.18. The van der Waals surface area contributed by atoms with E-state index in [2.05, 4.69) is 15.8 Å². The molecular formula is C10H15N3O3. The quantitative estimate of drug-likeness (QED) is 0.738. The average molecular weight is 225 g/mol. The minimum atomic E-state index is -0.253. The van der Waals surface area contributed by atoms with Crippen molar-refractivity contribution in [3.05, 3.63) is 17.5 Å². The fourth-order valence-electron chi connectivity index (χ4n) is 1.76. The Bertz CT molecular complexity index is 377. The van der Waals surface area contributed by atoms with E-state index in [1.54, 1.807) is 20.1 Å². The average Bonchev–Trinajstić information content (AvgIpc) is 2.86. The summed E-state index contributed by atoms with van der Waals surface area (Å²) in [5.41, 5.74) is 0.693. The van der Waals surface area contributed by atoms with E-state index in [4.69, 9.17) is 9.26 Å². The Labute approximate surface area is 93.3 Å². The lowest BCUT2D eigenvalue weighted by Gasteiger charge is -2.17. The maximum atomic E-state index is 11.7. The molecule has 2 N–H and O–H groups in total. The van der Waals surface area contributed by atoms with Gasteiger partial charge in [0.15, 0.2) is 0 Å². The summed E-state index contributed by atoms with van der Waals surface area (Å²) in [6.45, 7) is 3.23. The van der Waals surface area contributed by atoms with Crippen LogP contribution in [-0.4, -0.2) is 43.4 Å². The predicted molar refractivity (Wildman–Crippen MR) is 56.2 cm³/mol. The largest absolute Gasteiger partial charge is 0.378 e. The number of ether oxygens (including phenoxy) is 1. The van der Waals surface area contributed by atoms with Gasteiger partial charge in [-0.2, -0.15) is 0 Å². The molecule has 0 aromatic carbocycles. The summed E-state index contributed by atoms with van der Waals surface area (Å²) in [6.07, 6.45) is 0.00738. The van der Waals surface area contributed by atoms with Crippen LogP contribution in [-0.2, 0) is 4.74 Å². The molecule has 0 bridgehead atoms. The van der Waals surface area contributed by atoms with E-state index in [-0.39, 0.29) is 23.8 Å². The first-order chi connectivity index (χ1) is 7.70. The number of nitrogens with zero attached hydrogens (tertiary/aromatic N) is 1. The van der Waals surface area contributed by atoms with E-state index in [0.717, 1.165) is 6.54 Å². The number of carbonyl (C=O) groups excluding carboxylic acids is 1. The Kier molecular flexibility index (Phi) is 3.21. The first kappa shape index (κ1) is 11.1. The number of hydrogen-bond donors (Lipinski definition) is 2. The van der Waals surface area contributed by atoms with E-state index in [1.807, 2.05) is 0 Å². The molecule has 0 aliphatic carbocycles. The number of amides is 1. The number of aromatic nitrogens is 1. The lowest BCUT2D eigenvalue weighted by Crippen LogP contribution is -2.43. The zero-order chi connectivity index (χ0) is 11.5. The number of hydrogen-bond acceptors (Lipinski definition) is 5. The van der Waals surface area contributed by atoms with Gasteiger partial charge in [0.05, 0.1) is 17.8 Å². The van der Waals surface area contributed by atoms with E-state index < -0.39 is 0 Å². The molecule has 1 amide bonds. The minimum Gasteiger partial charge on any atom is -0.378 e. The van der Waals surface area contributed by atoms with Crippen LogP contribution in [0.1, 0.15) is 16.2 Å². The van der Waals surface area contributed by atoms with Crippen LogP contribution in [0, 0.1) is 6.92 Å². The van der Waals surface area contributed by atoms with Crippen molar-refractivity contribution in [1.82, 2.24) is 15.8 Å². The summed E-state index contributed by atoms with van der Waals surface area (Å²) in [5, 5.41) is 9.67. The van der Waals surface area contributed by atoms with Gasteiger partial charge in [0.25, 0.3) is 5.91 Å². The van der Waals surface area contributed by atoms with Crippen molar-refractivity contribution in [3.8, 4) is 0 Å². The maximum absolute atomic E-state index is 11.7. The van der Waals surface area contributed by atoms with Crippen molar-refractivity contribution < 1.29 is 14.1 Å². The molecule has 1 aliphatic heterocycles. The Hall–Kier alpha value is -1.40. The SMILES string of the molecule is CO[C@H]1CNC[C@H]1NC(=O)c1cc(C)no1. The maximum Gasteiger partial charge on any atom is 0.290 e. The van der Waals surface area contributed by atoms with Crippen LogP contribution >= 0.6 is 0 Å². The lowest BCUT2D eigenvalue weighted by atomic mass is 10.2. The Morgan fingerprint density at radius 3 is 3.12 bits per heavy atom. The second kappa shape index (κ2) is 4.63. The van der Waals surface area contributed by atoms with Crippen molar-refractivity contribution in [1.29, 1.82) is 0 Å². The van der Waals surface area contributed by atoms with Gasteiger partial charge in [-0.05, 0) is 6.92 Å². The zero-order valence-electron chi connectivity index (χ0n) is 9.32. The molecule has 1 saturated heterocycles. The summed E-state index contributed by atoms with van der Waals surface area (Å²) < 4.78 is 10.1. The molecule has 1 aromatic rings. The molecule has 0 spiro atoms. The zero-order valence-corrected chi connectivity index (χ0v) is 9.32. The number of methoxy groups -OCH3 is 1. The Balaban J connectivity index is 1.97. The summed E-state index contributed by atoms with van der Waals surface area (Å²) in [5.74, 6) is -0.0180. The third-order valence-corrected chi connectivity index (χ3v) is 2.63. The standard InChI is InChI=1S/C10H15N3O3/c1-6-3-8(16-13-6)10(14)12-7-4-11-5-9(7)15-2/h3,7,9,11H,4-5H2,1-2H3,(H,12,14)/t7-,9+/m1/s1. The molecule has 0 radical (unpaired) electrons. The van der Waals surface area contributed by atoms with Crippen molar-refractivity contribution >= 4 is 5.91 Å². The van der Waals surface area contributed by atoms with Gasteiger partial charge in [0, 0.05) is 26.3 Å².